The van der Waals surface area contributed by atoms with Gasteiger partial charge < -0.3 is 14.4 Å². The Morgan fingerprint density at radius 2 is 1.54 bits per heavy atom. The summed E-state index contributed by atoms with van der Waals surface area (Å²) >= 11 is 0. The van der Waals surface area contributed by atoms with Gasteiger partial charge in [-0.3, -0.25) is 0 Å². The van der Waals surface area contributed by atoms with E-state index in [1.165, 1.54) is 37.7 Å². The first-order valence-corrected chi connectivity index (χ1v) is 9.59. The smallest absolute Gasteiger partial charge is 0.160 e. The van der Waals surface area contributed by atoms with E-state index < -0.39 is 0 Å². The molecular weight excluding hydrogens is 298 g/mol. The first-order valence-electron chi connectivity index (χ1n) is 9.59. The van der Waals surface area contributed by atoms with E-state index in [0.29, 0.717) is 0 Å². The Morgan fingerprint density at radius 3 is 2.12 bits per heavy atom. The maximum Gasteiger partial charge on any atom is 0.160 e. The third-order valence-corrected chi connectivity index (χ3v) is 6.89. The van der Waals surface area contributed by atoms with Crippen molar-refractivity contribution in [2.24, 2.45) is 23.7 Å². The minimum absolute atomic E-state index is 0.815. The number of methoxy groups -OCH3 is 2. The molecule has 24 heavy (non-hydrogen) atoms. The van der Waals surface area contributed by atoms with Gasteiger partial charge in [-0.1, -0.05) is 6.07 Å². The topological polar surface area (TPSA) is 21.7 Å². The summed E-state index contributed by atoms with van der Waals surface area (Å²) in [4.78, 5) is 2.67. The van der Waals surface area contributed by atoms with Gasteiger partial charge in [0.15, 0.2) is 11.5 Å². The first-order chi connectivity index (χ1) is 11.7. The molecule has 0 radical (unpaired) electrons. The van der Waals surface area contributed by atoms with Crippen LogP contribution in [0.1, 0.15) is 37.7 Å². The van der Waals surface area contributed by atoms with Crippen LogP contribution in [-0.2, 0) is 6.42 Å². The summed E-state index contributed by atoms with van der Waals surface area (Å²) < 4.78 is 10.8. The highest BCUT2D eigenvalue weighted by molar-refractivity contribution is 5.42. The highest BCUT2D eigenvalue weighted by Gasteiger charge is 2.49. The number of hydrogen-bond donors (Lipinski definition) is 0. The number of rotatable bonds is 6. The Morgan fingerprint density at radius 1 is 0.917 bits per heavy atom. The van der Waals surface area contributed by atoms with Crippen LogP contribution in [0, 0.1) is 23.7 Å². The summed E-state index contributed by atoms with van der Waals surface area (Å²) in [6.07, 6.45) is 8.61. The molecular formula is C21H31NO2. The second kappa shape index (κ2) is 6.59. The van der Waals surface area contributed by atoms with Crippen molar-refractivity contribution in [3.63, 3.8) is 0 Å². The van der Waals surface area contributed by atoms with Crippen molar-refractivity contribution >= 4 is 0 Å². The second-order valence-corrected chi connectivity index (χ2v) is 8.34. The molecule has 4 saturated carbocycles. The number of benzene rings is 1. The van der Waals surface area contributed by atoms with E-state index in [1.807, 2.05) is 6.07 Å². The van der Waals surface area contributed by atoms with Crippen LogP contribution in [0.25, 0.3) is 0 Å². The molecule has 5 rings (SSSR count). The molecule has 1 aromatic rings. The fraction of sp³-hybridized carbons (Fsp3) is 0.714. The van der Waals surface area contributed by atoms with E-state index in [4.69, 9.17) is 9.47 Å². The molecule has 0 heterocycles. The van der Waals surface area contributed by atoms with Crippen molar-refractivity contribution in [1.82, 2.24) is 4.90 Å². The molecule has 0 aromatic heterocycles. The fourth-order valence-corrected chi connectivity index (χ4v) is 6.11. The fourth-order valence-electron chi connectivity index (χ4n) is 6.11. The van der Waals surface area contributed by atoms with Gasteiger partial charge in [0.2, 0.25) is 0 Å². The molecule has 0 atom stereocenters. The van der Waals surface area contributed by atoms with Crippen LogP contribution in [0.5, 0.6) is 11.5 Å². The third kappa shape index (κ3) is 2.92. The Balaban J connectivity index is 1.39. The molecule has 0 N–H and O–H groups in total. The predicted octanol–water partition coefficient (Wildman–Crippen LogP) is 4.00. The van der Waals surface area contributed by atoms with E-state index in [2.05, 4.69) is 24.1 Å². The van der Waals surface area contributed by atoms with Gasteiger partial charge in [0.05, 0.1) is 14.2 Å². The molecule has 3 nitrogen and oxygen atoms in total. The van der Waals surface area contributed by atoms with Gasteiger partial charge in [0.1, 0.15) is 0 Å². The zero-order valence-corrected chi connectivity index (χ0v) is 15.3. The molecule has 4 fully saturated rings. The minimum atomic E-state index is 0.815. The van der Waals surface area contributed by atoms with Gasteiger partial charge in [-0.05, 0) is 86.9 Å². The molecule has 0 amide bonds. The molecule has 0 aliphatic heterocycles. The lowest BCUT2D eigenvalue weighted by molar-refractivity contribution is -0.0570. The lowest BCUT2D eigenvalue weighted by Gasteiger charge is -2.56. The maximum absolute atomic E-state index is 5.44. The molecule has 0 unspecified atom stereocenters. The lowest BCUT2D eigenvalue weighted by atomic mass is 9.54. The lowest BCUT2D eigenvalue weighted by Crippen LogP contribution is -2.55. The van der Waals surface area contributed by atoms with Gasteiger partial charge in [-0.25, -0.2) is 0 Å². The zero-order valence-electron chi connectivity index (χ0n) is 15.3. The molecule has 4 aliphatic carbocycles. The van der Waals surface area contributed by atoms with E-state index in [-0.39, 0.29) is 0 Å². The van der Waals surface area contributed by atoms with Gasteiger partial charge in [-0.15, -0.1) is 0 Å². The van der Waals surface area contributed by atoms with Crippen molar-refractivity contribution in [3.8, 4) is 11.5 Å². The molecule has 0 spiro atoms. The van der Waals surface area contributed by atoms with Crippen molar-refractivity contribution in [1.29, 1.82) is 0 Å². The Labute approximate surface area is 146 Å². The van der Waals surface area contributed by atoms with Gasteiger partial charge >= 0.3 is 0 Å². The van der Waals surface area contributed by atoms with Crippen molar-refractivity contribution in [2.75, 3.05) is 27.8 Å². The highest BCUT2D eigenvalue weighted by Crippen LogP contribution is 2.54. The van der Waals surface area contributed by atoms with Crippen LogP contribution in [0.2, 0.25) is 0 Å². The van der Waals surface area contributed by atoms with Crippen molar-refractivity contribution < 1.29 is 9.47 Å². The molecule has 0 saturated heterocycles. The van der Waals surface area contributed by atoms with Crippen LogP contribution in [0.15, 0.2) is 18.2 Å². The highest BCUT2D eigenvalue weighted by atomic mass is 16.5. The zero-order chi connectivity index (χ0) is 16.7. The van der Waals surface area contributed by atoms with E-state index in [9.17, 15) is 0 Å². The quantitative estimate of drug-likeness (QED) is 0.787. The van der Waals surface area contributed by atoms with Crippen LogP contribution in [0.3, 0.4) is 0 Å². The normalized spacial score (nSPS) is 33.9. The van der Waals surface area contributed by atoms with Crippen LogP contribution >= 0.6 is 0 Å². The molecule has 3 heteroatoms. The summed E-state index contributed by atoms with van der Waals surface area (Å²) in [6, 6.07) is 7.16. The average Bonchev–Trinajstić information content (AvgIpc) is 2.58. The summed E-state index contributed by atoms with van der Waals surface area (Å²) in [5.74, 6) is 5.71. The largest absolute Gasteiger partial charge is 0.493 e. The molecule has 1 aromatic carbocycles. The Hall–Kier alpha value is -1.22. The maximum atomic E-state index is 5.44. The van der Waals surface area contributed by atoms with E-state index >= 15 is 0 Å². The van der Waals surface area contributed by atoms with Crippen LogP contribution in [0.4, 0.5) is 0 Å². The summed E-state index contributed by atoms with van der Waals surface area (Å²) in [7, 11) is 5.76. The monoisotopic (exact) mass is 329 g/mol. The van der Waals surface area contributed by atoms with Crippen molar-refractivity contribution in [2.45, 2.75) is 44.6 Å². The SMILES string of the molecule is COc1ccc(CCN(C)C2C3CC4CC(C3)CC2C4)cc1OC. The number of ether oxygens (including phenoxy) is 2. The summed E-state index contributed by atoms with van der Waals surface area (Å²) in [6.45, 7) is 1.14. The number of likely N-dealkylation sites (N-methyl/N-ethyl adjacent to an activating group) is 1. The summed E-state index contributed by atoms with van der Waals surface area (Å²) in [5.41, 5.74) is 1.34. The summed E-state index contributed by atoms with van der Waals surface area (Å²) in [5, 5.41) is 0. The third-order valence-electron chi connectivity index (χ3n) is 6.89. The standard InChI is InChI=1S/C21H31NO2/c1-22(7-6-14-4-5-19(23-2)20(13-14)24-3)21-17-9-15-8-16(11-17)12-18(21)10-15/h4-5,13,15-18,21H,6-12H2,1-3H3. The van der Waals surface area contributed by atoms with Crippen LogP contribution in [-0.4, -0.2) is 38.8 Å². The predicted molar refractivity (Wildman–Crippen MR) is 96.7 cm³/mol. The van der Waals surface area contributed by atoms with Crippen molar-refractivity contribution in [3.05, 3.63) is 23.8 Å². The first kappa shape index (κ1) is 16.3. The number of nitrogens with zero attached hydrogens (tertiary/aromatic N) is 1. The van der Waals surface area contributed by atoms with Gasteiger partial charge in [-0.2, -0.15) is 0 Å². The van der Waals surface area contributed by atoms with Gasteiger partial charge in [0, 0.05) is 12.6 Å². The molecule has 132 valence electrons. The van der Waals surface area contributed by atoms with E-state index in [0.717, 1.165) is 54.2 Å². The molecule has 4 bridgehead atoms. The van der Waals surface area contributed by atoms with Crippen LogP contribution < -0.4 is 9.47 Å². The van der Waals surface area contributed by atoms with E-state index in [1.54, 1.807) is 14.2 Å². The Kier molecular flexibility index (Phi) is 4.46. The molecule has 4 aliphatic rings. The average molecular weight is 329 g/mol. The Bertz CT molecular complexity index is 557. The minimum Gasteiger partial charge on any atom is -0.493 e. The van der Waals surface area contributed by atoms with Gasteiger partial charge in [0.25, 0.3) is 0 Å². The second-order valence-electron chi connectivity index (χ2n) is 8.34. The number of hydrogen-bond acceptors (Lipinski definition) is 3.